The third-order valence-corrected chi connectivity index (χ3v) is 3.76. The van der Waals surface area contributed by atoms with E-state index < -0.39 is 0 Å². The molecule has 3 rings (SSSR count). The minimum absolute atomic E-state index is 0.0142. The number of hydrogen-bond acceptors (Lipinski definition) is 5. The van der Waals surface area contributed by atoms with Crippen molar-refractivity contribution in [3.8, 4) is 0 Å². The molecule has 0 saturated carbocycles. The fourth-order valence-corrected chi connectivity index (χ4v) is 2.70. The van der Waals surface area contributed by atoms with Crippen molar-refractivity contribution in [2.45, 2.75) is 25.7 Å². The molecule has 1 fully saturated rings. The molecule has 0 aromatic carbocycles. The lowest BCUT2D eigenvalue weighted by Gasteiger charge is -2.32. The molecular formula is C15H17N5O. The Bertz CT molecular complexity index is 631. The van der Waals surface area contributed by atoms with Crippen LogP contribution in [0.2, 0.25) is 0 Å². The van der Waals surface area contributed by atoms with E-state index in [2.05, 4.69) is 20.2 Å². The molecule has 108 valence electrons. The van der Waals surface area contributed by atoms with Gasteiger partial charge in [0.1, 0.15) is 5.82 Å². The fraction of sp³-hybridized carbons (Fsp3) is 0.400. The predicted octanol–water partition coefficient (Wildman–Crippen LogP) is 1.59. The van der Waals surface area contributed by atoms with Crippen molar-refractivity contribution in [1.29, 1.82) is 0 Å². The summed E-state index contributed by atoms with van der Waals surface area (Å²) >= 11 is 0. The summed E-state index contributed by atoms with van der Waals surface area (Å²) in [5, 5.41) is 7.48. The first-order chi connectivity index (χ1) is 10.2. The lowest BCUT2D eigenvalue weighted by molar-refractivity contribution is 0.0705. The highest BCUT2D eigenvalue weighted by Crippen LogP contribution is 2.26. The third kappa shape index (κ3) is 3.04. The summed E-state index contributed by atoms with van der Waals surface area (Å²) in [6, 6.07) is 3.65. The van der Waals surface area contributed by atoms with Crippen LogP contribution in [0.15, 0.2) is 30.7 Å². The van der Waals surface area contributed by atoms with Crippen molar-refractivity contribution >= 4 is 5.91 Å². The van der Waals surface area contributed by atoms with Gasteiger partial charge in [-0.2, -0.15) is 10.2 Å². The number of carbonyl (C=O) groups excluding carboxylic acids is 1. The standard InChI is InChI=1S/C15H17N5O/c1-11-16-6-5-14(19-11)13-3-2-8-20(10-13)15(21)12-4-7-17-18-9-12/h4-7,9,13H,2-3,8,10H2,1H3. The number of hydrogen-bond donors (Lipinski definition) is 0. The van der Waals surface area contributed by atoms with Crippen molar-refractivity contribution in [3.05, 3.63) is 47.8 Å². The van der Waals surface area contributed by atoms with Gasteiger partial charge in [0.2, 0.25) is 0 Å². The number of carbonyl (C=O) groups is 1. The summed E-state index contributed by atoms with van der Waals surface area (Å²) in [6.45, 7) is 3.36. The summed E-state index contributed by atoms with van der Waals surface area (Å²) in [7, 11) is 0. The zero-order chi connectivity index (χ0) is 14.7. The molecule has 0 spiro atoms. The lowest BCUT2D eigenvalue weighted by Crippen LogP contribution is -2.39. The van der Waals surface area contributed by atoms with Gasteiger partial charge < -0.3 is 4.90 Å². The Morgan fingerprint density at radius 1 is 1.29 bits per heavy atom. The van der Waals surface area contributed by atoms with Gasteiger partial charge in [0.15, 0.2) is 0 Å². The van der Waals surface area contributed by atoms with Crippen LogP contribution in [0.1, 0.15) is 40.6 Å². The Hall–Kier alpha value is -2.37. The van der Waals surface area contributed by atoms with Crippen molar-refractivity contribution in [2.75, 3.05) is 13.1 Å². The first kappa shape index (κ1) is 13.6. The molecule has 6 heteroatoms. The van der Waals surface area contributed by atoms with Crippen molar-refractivity contribution in [1.82, 2.24) is 25.1 Å². The normalized spacial score (nSPS) is 18.5. The second-order valence-electron chi connectivity index (χ2n) is 5.25. The number of rotatable bonds is 2. The molecule has 1 aliphatic rings. The van der Waals surface area contributed by atoms with Crippen molar-refractivity contribution in [3.63, 3.8) is 0 Å². The second-order valence-corrected chi connectivity index (χ2v) is 5.25. The van der Waals surface area contributed by atoms with Crippen LogP contribution in [0.4, 0.5) is 0 Å². The minimum Gasteiger partial charge on any atom is -0.338 e. The highest BCUT2D eigenvalue weighted by molar-refractivity contribution is 5.93. The van der Waals surface area contributed by atoms with Crippen LogP contribution >= 0.6 is 0 Å². The quantitative estimate of drug-likeness (QED) is 0.837. The molecule has 2 aromatic heterocycles. The highest BCUT2D eigenvalue weighted by atomic mass is 16.2. The van der Waals surface area contributed by atoms with E-state index >= 15 is 0 Å². The summed E-state index contributed by atoms with van der Waals surface area (Å²) in [4.78, 5) is 23.0. The summed E-state index contributed by atoms with van der Waals surface area (Å²) < 4.78 is 0. The number of likely N-dealkylation sites (tertiary alicyclic amines) is 1. The van der Waals surface area contributed by atoms with E-state index in [0.29, 0.717) is 12.1 Å². The van der Waals surface area contributed by atoms with Crippen LogP contribution in [0, 0.1) is 6.92 Å². The lowest BCUT2D eigenvalue weighted by atomic mass is 9.94. The summed E-state index contributed by atoms with van der Waals surface area (Å²) in [5.41, 5.74) is 1.61. The van der Waals surface area contributed by atoms with Crippen LogP contribution in [0.3, 0.4) is 0 Å². The Balaban J connectivity index is 1.75. The minimum atomic E-state index is 0.0142. The van der Waals surface area contributed by atoms with E-state index in [1.807, 2.05) is 17.9 Å². The Kier molecular flexibility index (Phi) is 3.85. The maximum Gasteiger partial charge on any atom is 0.255 e. The molecule has 1 atom stereocenters. The van der Waals surface area contributed by atoms with Crippen molar-refractivity contribution in [2.24, 2.45) is 0 Å². The van der Waals surface area contributed by atoms with E-state index in [0.717, 1.165) is 30.9 Å². The van der Waals surface area contributed by atoms with Gasteiger partial charge >= 0.3 is 0 Å². The summed E-state index contributed by atoms with van der Waals surface area (Å²) in [5.74, 6) is 1.06. The average Bonchev–Trinajstić information content (AvgIpc) is 2.55. The first-order valence-electron chi connectivity index (χ1n) is 7.09. The Morgan fingerprint density at radius 3 is 2.95 bits per heavy atom. The monoisotopic (exact) mass is 283 g/mol. The highest BCUT2D eigenvalue weighted by Gasteiger charge is 2.26. The summed E-state index contributed by atoms with van der Waals surface area (Å²) in [6.07, 6.45) is 6.88. The fourth-order valence-electron chi connectivity index (χ4n) is 2.70. The van der Waals surface area contributed by atoms with E-state index in [9.17, 15) is 4.79 Å². The van der Waals surface area contributed by atoms with E-state index in [1.54, 1.807) is 18.5 Å². The SMILES string of the molecule is Cc1nccc(C2CCCN(C(=O)c3ccnnc3)C2)n1. The van der Waals surface area contributed by atoms with Gasteiger partial charge in [-0.25, -0.2) is 9.97 Å². The van der Waals surface area contributed by atoms with E-state index in [1.165, 1.54) is 6.20 Å². The zero-order valence-electron chi connectivity index (χ0n) is 11.9. The van der Waals surface area contributed by atoms with Gasteiger partial charge in [-0.3, -0.25) is 4.79 Å². The van der Waals surface area contributed by atoms with E-state index in [-0.39, 0.29) is 11.8 Å². The van der Waals surface area contributed by atoms with Gasteiger partial charge in [0, 0.05) is 30.9 Å². The molecule has 0 aliphatic carbocycles. The smallest absolute Gasteiger partial charge is 0.255 e. The maximum absolute atomic E-state index is 12.5. The molecule has 6 nitrogen and oxygen atoms in total. The van der Waals surface area contributed by atoms with Crippen LogP contribution in [0.25, 0.3) is 0 Å². The van der Waals surface area contributed by atoms with Gasteiger partial charge in [-0.05, 0) is 31.9 Å². The number of aromatic nitrogens is 4. The number of piperidine rings is 1. The van der Waals surface area contributed by atoms with Crippen LogP contribution in [0.5, 0.6) is 0 Å². The molecule has 1 amide bonds. The third-order valence-electron chi connectivity index (χ3n) is 3.76. The topological polar surface area (TPSA) is 71.9 Å². The second kappa shape index (κ2) is 5.95. The van der Waals surface area contributed by atoms with Crippen LogP contribution in [-0.4, -0.2) is 44.1 Å². The van der Waals surface area contributed by atoms with Crippen LogP contribution in [-0.2, 0) is 0 Å². The van der Waals surface area contributed by atoms with Gasteiger partial charge in [-0.15, -0.1) is 0 Å². The maximum atomic E-state index is 12.5. The van der Waals surface area contributed by atoms with Gasteiger partial charge in [0.25, 0.3) is 5.91 Å². The predicted molar refractivity (Wildman–Crippen MR) is 76.7 cm³/mol. The molecule has 3 heterocycles. The number of amides is 1. The molecule has 1 aliphatic heterocycles. The number of aryl methyl sites for hydroxylation is 1. The molecular weight excluding hydrogens is 266 g/mol. The van der Waals surface area contributed by atoms with Gasteiger partial charge in [0.05, 0.1) is 18.0 Å². The largest absolute Gasteiger partial charge is 0.338 e. The molecule has 0 bridgehead atoms. The molecule has 0 radical (unpaired) electrons. The van der Waals surface area contributed by atoms with Crippen molar-refractivity contribution < 1.29 is 4.79 Å². The molecule has 21 heavy (non-hydrogen) atoms. The Morgan fingerprint density at radius 2 is 2.19 bits per heavy atom. The molecule has 0 N–H and O–H groups in total. The first-order valence-corrected chi connectivity index (χ1v) is 7.09. The molecule has 2 aromatic rings. The van der Waals surface area contributed by atoms with E-state index in [4.69, 9.17) is 0 Å². The zero-order valence-corrected chi connectivity index (χ0v) is 11.9. The average molecular weight is 283 g/mol. The molecule has 1 saturated heterocycles. The Labute approximate surface area is 123 Å². The van der Waals surface area contributed by atoms with Crippen LogP contribution < -0.4 is 0 Å². The number of nitrogens with zero attached hydrogens (tertiary/aromatic N) is 5. The molecule has 1 unspecified atom stereocenters. The van der Waals surface area contributed by atoms with Gasteiger partial charge in [-0.1, -0.05) is 0 Å².